The number of nitriles is 1. The smallest absolute Gasteiger partial charge is 0.269 e. The minimum absolute atomic E-state index is 0.0626. The molecule has 5 nitrogen and oxygen atoms in total. The maximum Gasteiger partial charge on any atom is 0.269 e. The summed E-state index contributed by atoms with van der Waals surface area (Å²) in [5.74, 6) is -0.460. The Kier molecular flexibility index (Phi) is 5.10. The second kappa shape index (κ2) is 7.46. The fourth-order valence-corrected chi connectivity index (χ4v) is 3.79. The highest BCUT2D eigenvalue weighted by atomic mass is 32.2. The van der Waals surface area contributed by atoms with Gasteiger partial charge in [-0.2, -0.15) is 5.26 Å². The van der Waals surface area contributed by atoms with Crippen molar-refractivity contribution in [3.63, 3.8) is 0 Å². The van der Waals surface area contributed by atoms with E-state index in [9.17, 15) is 14.9 Å². The number of carbonyl (C=O) groups is 2. The number of nitrogens with zero attached hydrogens (tertiary/aromatic N) is 2. The SMILES string of the molecule is Cc1cccc(C)c1NC(=O)C(C#N)=C1SCC(=O)N1c1ccccc1. The zero-order valence-corrected chi connectivity index (χ0v) is 15.3. The predicted molar refractivity (Wildman–Crippen MR) is 104 cm³/mol. The third-order valence-electron chi connectivity index (χ3n) is 4.07. The number of hydrogen-bond acceptors (Lipinski definition) is 4. The number of rotatable bonds is 3. The second-order valence-corrected chi connectivity index (χ2v) is 6.83. The molecular weight excluding hydrogens is 346 g/mol. The van der Waals surface area contributed by atoms with Gasteiger partial charge in [-0.15, -0.1) is 0 Å². The lowest BCUT2D eigenvalue weighted by molar-refractivity contribution is -0.115. The number of para-hydroxylation sites is 2. The molecule has 1 fully saturated rings. The van der Waals surface area contributed by atoms with E-state index in [1.54, 1.807) is 12.1 Å². The van der Waals surface area contributed by atoms with Gasteiger partial charge in [0.1, 0.15) is 16.7 Å². The van der Waals surface area contributed by atoms with Gasteiger partial charge in [-0.05, 0) is 37.1 Å². The maximum absolute atomic E-state index is 12.8. The molecule has 1 saturated heterocycles. The van der Waals surface area contributed by atoms with Crippen LogP contribution >= 0.6 is 11.8 Å². The standard InChI is InChI=1S/C20H17N3O2S/c1-13-7-6-8-14(2)18(13)22-19(25)16(11-21)20-23(17(24)12-26-20)15-9-4-3-5-10-15/h3-10H,12H2,1-2H3,(H,22,25). The number of amides is 2. The lowest BCUT2D eigenvalue weighted by Crippen LogP contribution is -2.27. The number of anilines is 2. The summed E-state index contributed by atoms with van der Waals surface area (Å²) in [6.45, 7) is 3.79. The van der Waals surface area contributed by atoms with Crippen LogP contribution in [0.4, 0.5) is 11.4 Å². The van der Waals surface area contributed by atoms with Crippen molar-refractivity contribution in [3.8, 4) is 6.07 Å². The van der Waals surface area contributed by atoms with Gasteiger partial charge in [0.2, 0.25) is 5.91 Å². The number of benzene rings is 2. The monoisotopic (exact) mass is 363 g/mol. The van der Waals surface area contributed by atoms with Crippen LogP contribution in [0.25, 0.3) is 0 Å². The average Bonchev–Trinajstić information content (AvgIpc) is 3.01. The lowest BCUT2D eigenvalue weighted by Gasteiger charge is -2.18. The highest BCUT2D eigenvalue weighted by molar-refractivity contribution is 8.04. The Hall–Kier alpha value is -3.04. The van der Waals surface area contributed by atoms with Gasteiger partial charge in [-0.3, -0.25) is 14.5 Å². The summed E-state index contributed by atoms with van der Waals surface area (Å²) in [6.07, 6.45) is 0. The van der Waals surface area contributed by atoms with Crippen LogP contribution in [0, 0.1) is 25.2 Å². The van der Waals surface area contributed by atoms with Crippen LogP contribution in [0.15, 0.2) is 59.1 Å². The third-order valence-corrected chi connectivity index (χ3v) is 5.12. The van der Waals surface area contributed by atoms with Crippen molar-refractivity contribution < 1.29 is 9.59 Å². The Bertz CT molecular complexity index is 925. The van der Waals surface area contributed by atoms with E-state index in [0.717, 1.165) is 11.1 Å². The zero-order chi connectivity index (χ0) is 18.7. The van der Waals surface area contributed by atoms with Gasteiger partial charge in [-0.25, -0.2) is 0 Å². The van der Waals surface area contributed by atoms with E-state index in [4.69, 9.17) is 0 Å². The summed E-state index contributed by atoms with van der Waals surface area (Å²) in [4.78, 5) is 26.5. The quantitative estimate of drug-likeness (QED) is 0.666. The van der Waals surface area contributed by atoms with Gasteiger partial charge in [0.15, 0.2) is 0 Å². The van der Waals surface area contributed by atoms with E-state index >= 15 is 0 Å². The van der Waals surface area contributed by atoms with Crippen LogP contribution < -0.4 is 10.2 Å². The van der Waals surface area contributed by atoms with Gasteiger partial charge in [0, 0.05) is 11.4 Å². The Morgan fingerprint density at radius 3 is 2.38 bits per heavy atom. The fraction of sp³-hybridized carbons (Fsp3) is 0.150. The fourth-order valence-electron chi connectivity index (χ4n) is 2.78. The number of aryl methyl sites for hydroxylation is 2. The van der Waals surface area contributed by atoms with E-state index in [2.05, 4.69) is 5.32 Å². The number of hydrogen-bond donors (Lipinski definition) is 1. The molecule has 26 heavy (non-hydrogen) atoms. The molecule has 0 unspecified atom stereocenters. The molecule has 0 aliphatic carbocycles. The van der Waals surface area contributed by atoms with Gasteiger partial charge >= 0.3 is 0 Å². The first kappa shape index (κ1) is 17.8. The van der Waals surface area contributed by atoms with E-state index < -0.39 is 5.91 Å². The van der Waals surface area contributed by atoms with Gasteiger partial charge in [0.25, 0.3) is 5.91 Å². The molecule has 130 valence electrons. The van der Waals surface area contributed by atoms with Gasteiger partial charge < -0.3 is 5.32 Å². The van der Waals surface area contributed by atoms with Crippen LogP contribution in [-0.4, -0.2) is 17.6 Å². The molecule has 0 radical (unpaired) electrons. The molecule has 0 aromatic heterocycles. The normalized spacial score (nSPS) is 15.6. The summed E-state index contributed by atoms with van der Waals surface area (Å²) in [5.41, 5.74) is 3.09. The highest BCUT2D eigenvalue weighted by Crippen LogP contribution is 2.36. The third kappa shape index (κ3) is 3.35. The van der Waals surface area contributed by atoms with Crippen LogP contribution in [0.3, 0.4) is 0 Å². The molecule has 2 aromatic rings. The van der Waals surface area contributed by atoms with Crippen molar-refractivity contribution in [1.82, 2.24) is 0 Å². The summed E-state index contributed by atoms with van der Waals surface area (Å²) in [6, 6.07) is 16.7. The van der Waals surface area contributed by atoms with Crippen molar-refractivity contribution in [1.29, 1.82) is 5.26 Å². The molecule has 0 bridgehead atoms. The van der Waals surface area contributed by atoms with Gasteiger partial charge in [0.05, 0.1) is 5.75 Å². The van der Waals surface area contributed by atoms with Crippen molar-refractivity contribution in [2.45, 2.75) is 13.8 Å². The molecule has 1 heterocycles. The van der Waals surface area contributed by atoms with E-state index in [1.807, 2.05) is 56.3 Å². The van der Waals surface area contributed by atoms with E-state index in [1.165, 1.54) is 16.7 Å². The first-order valence-electron chi connectivity index (χ1n) is 8.05. The van der Waals surface area contributed by atoms with E-state index in [-0.39, 0.29) is 17.2 Å². The van der Waals surface area contributed by atoms with Crippen molar-refractivity contribution in [2.75, 3.05) is 16.0 Å². The summed E-state index contributed by atoms with van der Waals surface area (Å²) < 4.78 is 0. The molecule has 1 N–H and O–H groups in total. The van der Waals surface area contributed by atoms with Crippen LogP contribution in [-0.2, 0) is 9.59 Å². The number of nitrogens with one attached hydrogen (secondary N) is 1. The maximum atomic E-state index is 12.8. The minimum Gasteiger partial charge on any atom is -0.321 e. The average molecular weight is 363 g/mol. The Labute approximate surface area is 156 Å². The van der Waals surface area contributed by atoms with E-state index in [0.29, 0.717) is 16.4 Å². The van der Waals surface area contributed by atoms with Crippen molar-refractivity contribution in [2.24, 2.45) is 0 Å². The second-order valence-electron chi connectivity index (χ2n) is 5.87. The molecule has 0 atom stereocenters. The number of carbonyl (C=O) groups excluding carboxylic acids is 2. The molecule has 2 aromatic carbocycles. The Balaban J connectivity index is 2.00. The van der Waals surface area contributed by atoms with Crippen molar-refractivity contribution in [3.05, 3.63) is 70.3 Å². The summed E-state index contributed by atoms with van der Waals surface area (Å²) in [7, 11) is 0. The van der Waals surface area contributed by atoms with Gasteiger partial charge in [-0.1, -0.05) is 48.2 Å². The topological polar surface area (TPSA) is 73.2 Å². The van der Waals surface area contributed by atoms with Crippen LogP contribution in [0.1, 0.15) is 11.1 Å². The highest BCUT2D eigenvalue weighted by Gasteiger charge is 2.33. The predicted octanol–water partition coefficient (Wildman–Crippen LogP) is 3.76. The molecule has 2 amide bonds. The van der Waals surface area contributed by atoms with Crippen molar-refractivity contribution >= 4 is 35.0 Å². The lowest BCUT2D eigenvalue weighted by atomic mass is 10.1. The largest absolute Gasteiger partial charge is 0.321 e. The first-order chi connectivity index (χ1) is 12.5. The molecule has 1 aliphatic heterocycles. The summed E-state index contributed by atoms with van der Waals surface area (Å²) in [5, 5.41) is 12.8. The summed E-state index contributed by atoms with van der Waals surface area (Å²) >= 11 is 1.21. The molecule has 3 rings (SSSR count). The molecular formula is C20H17N3O2S. The first-order valence-corrected chi connectivity index (χ1v) is 9.04. The zero-order valence-electron chi connectivity index (χ0n) is 14.4. The Morgan fingerprint density at radius 1 is 1.12 bits per heavy atom. The van der Waals surface area contributed by atoms with Crippen LogP contribution in [0.2, 0.25) is 0 Å². The van der Waals surface area contributed by atoms with Crippen LogP contribution in [0.5, 0.6) is 0 Å². The molecule has 0 saturated carbocycles. The molecule has 6 heteroatoms. The molecule has 0 spiro atoms. The number of thioether (sulfide) groups is 1. The minimum atomic E-state index is -0.511. The molecule has 1 aliphatic rings. The Morgan fingerprint density at radius 2 is 1.77 bits per heavy atom.